The van der Waals surface area contributed by atoms with E-state index in [0.29, 0.717) is 16.0 Å². The highest BCUT2D eigenvalue weighted by molar-refractivity contribution is 7.18. The molecule has 0 bridgehead atoms. The lowest BCUT2D eigenvalue weighted by molar-refractivity contribution is -0.120. The number of hydrogen-bond acceptors (Lipinski definition) is 5. The third kappa shape index (κ3) is 2.93. The molecule has 2 aromatic rings. The Kier molecular flexibility index (Phi) is 3.99. The fourth-order valence-electron chi connectivity index (χ4n) is 1.75. The second kappa shape index (κ2) is 5.54. The van der Waals surface area contributed by atoms with Crippen molar-refractivity contribution in [3.8, 4) is 0 Å². The van der Waals surface area contributed by atoms with Crippen molar-refractivity contribution < 1.29 is 4.79 Å². The number of aromatic amines is 1. The Morgan fingerprint density at radius 2 is 2.10 bits per heavy atom. The van der Waals surface area contributed by atoms with Crippen molar-refractivity contribution in [2.75, 3.05) is 0 Å². The Hall–Kier alpha value is -2.02. The molecule has 0 aliphatic carbocycles. The van der Waals surface area contributed by atoms with Crippen molar-refractivity contribution in [2.24, 2.45) is 5.10 Å². The first-order valence-electron chi connectivity index (χ1n) is 6.17. The van der Waals surface area contributed by atoms with Crippen molar-refractivity contribution in [3.05, 3.63) is 26.6 Å². The van der Waals surface area contributed by atoms with E-state index in [4.69, 9.17) is 0 Å². The van der Waals surface area contributed by atoms with Gasteiger partial charge in [-0.05, 0) is 33.3 Å². The number of rotatable bonds is 3. The molecule has 6 nitrogen and oxygen atoms in total. The van der Waals surface area contributed by atoms with Gasteiger partial charge in [0.25, 0.3) is 5.56 Å². The van der Waals surface area contributed by atoms with Gasteiger partial charge in [0, 0.05) is 10.6 Å². The van der Waals surface area contributed by atoms with Gasteiger partial charge in [-0.15, -0.1) is 11.3 Å². The van der Waals surface area contributed by atoms with E-state index < -0.39 is 0 Å². The molecule has 0 fully saturated rings. The average Bonchev–Trinajstić information content (AvgIpc) is 2.62. The largest absolute Gasteiger partial charge is 0.309 e. The second-order valence-electron chi connectivity index (χ2n) is 4.75. The van der Waals surface area contributed by atoms with Gasteiger partial charge in [-0.3, -0.25) is 9.59 Å². The lowest BCUT2D eigenvalue weighted by Gasteiger charge is -2.01. The molecule has 0 radical (unpaired) electrons. The number of aryl methyl sites for hydroxylation is 2. The third-order valence-corrected chi connectivity index (χ3v) is 3.92. The predicted octanol–water partition coefficient (Wildman–Crippen LogP) is 1.66. The number of nitrogens with zero attached hydrogens (tertiary/aromatic N) is 2. The van der Waals surface area contributed by atoms with Crippen LogP contribution in [0.25, 0.3) is 10.2 Å². The van der Waals surface area contributed by atoms with Crippen LogP contribution in [0.2, 0.25) is 0 Å². The molecular formula is C13H16N4O2S. The lowest BCUT2D eigenvalue weighted by atomic mass is 10.2. The molecular weight excluding hydrogens is 276 g/mol. The van der Waals surface area contributed by atoms with Crippen LogP contribution in [0.15, 0.2) is 9.90 Å². The van der Waals surface area contributed by atoms with Crippen molar-refractivity contribution in [2.45, 2.75) is 34.1 Å². The van der Waals surface area contributed by atoms with Crippen LogP contribution in [0.5, 0.6) is 0 Å². The molecule has 0 atom stereocenters. The highest BCUT2D eigenvalue weighted by Gasteiger charge is 2.13. The van der Waals surface area contributed by atoms with Gasteiger partial charge in [-0.25, -0.2) is 10.4 Å². The number of nitrogens with one attached hydrogen (secondary N) is 2. The van der Waals surface area contributed by atoms with E-state index in [-0.39, 0.29) is 17.9 Å². The molecule has 0 saturated carbocycles. The number of carbonyl (C=O) groups is 1. The molecule has 0 unspecified atom stereocenters. The van der Waals surface area contributed by atoms with Gasteiger partial charge in [-0.1, -0.05) is 0 Å². The number of H-pyrrole nitrogens is 1. The van der Waals surface area contributed by atoms with Crippen LogP contribution in [0.4, 0.5) is 0 Å². The molecule has 2 aromatic heterocycles. The molecule has 1 amide bonds. The van der Waals surface area contributed by atoms with Gasteiger partial charge in [-0.2, -0.15) is 5.10 Å². The summed E-state index contributed by atoms with van der Waals surface area (Å²) in [4.78, 5) is 32.4. The summed E-state index contributed by atoms with van der Waals surface area (Å²) in [5.74, 6) is 0.0453. The molecule has 0 saturated heterocycles. The van der Waals surface area contributed by atoms with Crippen molar-refractivity contribution >= 4 is 33.2 Å². The van der Waals surface area contributed by atoms with Crippen LogP contribution >= 0.6 is 11.3 Å². The van der Waals surface area contributed by atoms with Gasteiger partial charge in [0.2, 0.25) is 5.91 Å². The van der Waals surface area contributed by atoms with Crippen LogP contribution in [-0.2, 0) is 11.2 Å². The summed E-state index contributed by atoms with van der Waals surface area (Å²) in [6.45, 7) is 7.41. The maximum Gasteiger partial charge on any atom is 0.259 e. The summed E-state index contributed by atoms with van der Waals surface area (Å²) in [6, 6.07) is 0. The smallest absolute Gasteiger partial charge is 0.259 e. The maximum absolute atomic E-state index is 12.0. The minimum Gasteiger partial charge on any atom is -0.309 e. The van der Waals surface area contributed by atoms with Crippen molar-refractivity contribution in [1.82, 2.24) is 15.4 Å². The zero-order valence-electron chi connectivity index (χ0n) is 11.8. The van der Waals surface area contributed by atoms with E-state index in [2.05, 4.69) is 20.5 Å². The molecule has 0 aromatic carbocycles. The fraction of sp³-hybridized carbons (Fsp3) is 0.385. The highest BCUT2D eigenvalue weighted by atomic mass is 32.1. The monoisotopic (exact) mass is 292 g/mol. The second-order valence-corrected chi connectivity index (χ2v) is 5.95. The molecule has 20 heavy (non-hydrogen) atoms. The van der Waals surface area contributed by atoms with Crippen LogP contribution in [0.3, 0.4) is 0 Å². The minimum atomic E-state index is -0.307. The van der Waals surface area contributed by atoms with Crippen LogP contribution in [0.1, 0.15) is 30.1 Å². The minimum absolute atomic E-state index is 0.00203. The molecule has 7 heteroatoms. The Morgan fingerprint density at radius 1 is 1.40 bits per heavy atom. The van der Waals surface area contributed by atoms with Gasteiger partial charge in [0.05, 0.1) is 11.8 Å². The van der Waals surface area contributed by atoms with Crippen LogP contribution in [-0.4, -0.2) is 21.6 Å². The van der Waals surface area contributed by atoms with Gasteiger partial charge in [0.15, 0.2) is 0 Å². The molecule has 0 aliphatic heterocycles. The van der Waals surface area contributed by atoms with Gasteiger partial charge >= 0.3 is 0 Å². The Labute approximate surface area is 119 Å². The molecule has 0 aliphatic rings. The Morgan fingerprint density at radius 3 is 2.75 bits per heavy atom. The van der Waals surface area contributed by atoms with E-state index in [1.807, 2.05) is 13.8 Å². The SMILES string of the molecule is CC(C)=NNC(=O)Cc1nc2sc(C)c(C)c2c(=O)[nH]1. The Balaban J connectivity index is 2.31. The van der Waals surface area contributed by atoms with Crippen LogP contribution < -0.4 is 11.0 Å². The summed E-state index contributed by atoms with van der Waals surface area (Å²) in [7, 11) is 0. The zero-order chi connectivity index (χ0) is 14.9. The number of amides is 1. The number of thiophene rings is 1. The normalized spacial score (nSPS) is 10.6. The first kappa shape index (κ1) is 14.4. The van der Waals surface area contributed by atoms with Crippen molar-refractivity contribution in [1.29, 1.82) is 0 Å². The molecule has 2 N–H and O–H groups in total. The average molecular weight is 292 g/mol. The van der Waals surface area contributed by atoms with E-state index >= 15 is 0 Å². The van der Waals surface area contributed by atoms with Crippen LogP contribution in [0, 0.1) is 13.8 Å². The van der Waals surface area contributed by atoms with E-state index in [1.54, 1.807) is 13.8 Å². The van der Waals surface area contributed by atoms with Crippen molar-refractivity contribution in [3.63, 3.8) is 0 Å². The summed E-state index contributed by atoms with van der Waals surface area (Å²) in [6.07, 6.45) is -0.00203. The maximum atomic E-state index is 12.0. The van der Waals surface area contributed by atoms with Gasteiger partial charge < -0.3 is 4.98 Å². The number of hydrogen-bond donors (Lipinski definition) is 2. The molecule has 0 spiro atoms. The van der Waals surface area contributed by atoms with E-state index in [9.17, 15) is 9.59 Å². The summed E-state index contributed by atoms with van der Waals surface area (Å²) >= 11 is 1.46. The lowest BCUT2D eigenvalue weighted by Crippen LogP contribution is -2.23. The highest BCUT2D eigenvalue weighted by Crippen LogP contribution is 2.25. The number of aromatic nitrogens is 2. The fourth-order valence-corrected chi connectivity index (χ4v) is 2.80. The molecule has 2 rings (SSSR count). The zero-order valence-corrected chi connectivity index (χ0v) is 12.6. The molecule has 106 valence electrons. The summed E-state index contributed by atoms with van der Waals surface area (Å²) < 4.78 is 0. The number of hydrazone groups is 1. The van der Waals surface area contributed by atoms with Gasteiger partial charge in [0.1, 0.15) is 10.7 Å². The number of fused-ring (bicyclic) bond motifs is 1. The summed E-state index contributed by atoms with van der Waals surface area (Å²) in [5.41, 5.74) is 3.90. The first-order valence-corrected chi connectivity index (χ1v) is 6.98. The van der Waals surface area contributed by atoms with E-state index in [0.717, 1.165) is 16.2 Å². The first-order chi connectivity index (χ1) is 9.38. The number of carbonyl (C=O) groups excluding carboxylic acids is 1. The molecule has 2 heterocycles. The summed E-state index contributed by atoms with van der Waals surface area (Å²) in [5, 5.41) is 4.43. The quantitative estimate of drug-likeness (QED) is 0.666. The Bertz CT molecular complexity index is 754. The standard InChI is InChI=1S/C13H16N4O2S/c1-6(2)16-17-10(18)5-9-14-12(19)11-7(3)8(4)20-13(11)15-9/h5H2,1-4H3,(H,17,18)(H,14,15,19). The predicted molar refractivity (Wildman–Crippen MR) is 80.3 cm³/mol. The third-order valence-electron chi connectivity index (χ3n) is 2.82. The van der Waals surface area contributed by atoms with E-state index in [1.165, 1.54) is 11.3 Å². The topological polar surface area (TPSA) is 87.2 Å².